The summed E-state index contributed by atoms with van der Waals surface area (Å²) in [5.74, 6) is -0.305. The first-order valence-electron chi connectivity index (χ1n) is 6.36. The van der Waals surface area contributed by atoms with Crippen molar-refractivity contribution < 1.29 is 14.3 Å². The standard InChI is InChI=1S/C16H14ClNO3/c1-11(19)21-15-5-3-2-4-14(15)18-16(20)10-12-6-8-13(17)9-7-12/h2-9H,10H2,1H3,(H,18,20). The first-order chi connectivity index (χ1) is 10.0. The van der Waals surface area contributed by atoms with Crippen LogP contribution in [-0.4, -0.2) is 11.9 Å². The Morgan fingerprint density at radius 1 is 1.10 bits per heavy atom. The number of amides is 1. The van der Waals surface area contributed by atoms with E-state index in [2.05, 4.69) is 5.32 Å². The predicted octanol–water partition coefficient (Wildman–Crippen LogP) is 3.45. The van der Waals surface area contributed by atoms with Gasteiger partial charge in [-0.25, -0.2) is 0 Å². The molecule has 5 heteroatoms. The average molecular weight is 304 g/mol. The molecule has 108 valence electrons. The Labute approximate surface area is 127 Å². The Bertz CT molecular complexity index is 653. The Balaban J connectivity index is 2.05. The highest BCUT2D eigenvalue weighted by molar-refractivity contribution is 6.30. The van der Waals surface area contributed by atoms with Crippen LogP contribution in [0.2, 0.25) is 5.02 Å². The van der Waals surface area contributed by atoms with Crippen molar-refractivity contribution >= 4 is 29.2 Å². The molecule has 1 amide bonds. The van der Waals surface area contributed by atoms with Gasteiger partial charge >= 0.3 is 5.97 Å². The summed E-state index contributed by atoms with van der Waals surface area (Å²) < 4.78 is 5.04. The predicted molar refractivity (Wildman–Crippen MR) is 81.5 cm³/mol. The second kappa shape index (κ2) is 6.90. The van der Waals surface area contributed by atoms with E-state index in [-0.39, 0.29) is 12.3 Å². The van der Waals surface area contributed by atoms with E-state index in [0.29, 0.717) is 16.5 Å². The van der Waals surface area contributed by atoms with Crippen LogP contribution in [0.1, 0.15) is 12.5 Å². The normalized spacial score (nSPS) is 10.0. The SMILES string of the molecule is CC(=O)Oc1ccccc1NC(=O)Cc1ccc(Cl)cc1. The van der Waals surface area contributed by atoms with E-state index >= 15 is 0 Å². The molecule has 0 fully saturated rings. The van der Waals surface area contributed by atoms with Crippen LogP contribution in [0.25, 0.3) is 0 Å². The lowest BCUT2D eigenvalue weighted by Crippen LogP contribution is -2.15. The van der Waals surface area contributed by atoms with Gasteiger partial charge in [-0.15, -0.1) is 0 Å². The molecule has 0 saturated carbocycles. The van der Waals surface area contributed by atoms with Gasteiger partial charge in [-0.2, -0.15) is 0 Å². The van der Waals surface area contributed by atoms with Crippen LogP contribution in [-0.2, 0) is 16.0 Å². The minimum Gasteiger partial charge on any atom is -0.424 e. The van der Waals surface area contributed by atoms with Crippen molar-refractivity contribution in [2.24, 2.45) is 0 Å². The summed E-state index contributed by atoms with van der Waals surface area (Å²) in [5, 5.41) is 3.35. The minimum absolute atomic E-state index is 0.197. The van der Waals surface area contributed by atoms with Crippen molar-refractivity contribution in [1.29, 1.82) is 0 Å². The molecule has 0 saturated heterocycles. The van der Waals surface area contributed by atoms with Gasteiger partial charge < -0.3 is 10.1 Å². The number of anilines is 1. The van der Waals surface area contributed by atoms with Crippen molar-refractivity contribution in [3.63, 3.8) is 0 Å². The average Bonchev–Trinajstić information content (AvgIpc) is 2.43. The highest BCUT2D eigenvalue weighted by atomic mass is 35.5. The summed E-state index contributed by atoms with van der Waals surface area (Å²) in [5.41, 5.74) is 1.31. The minimum atomic E-state index is -0.436. The second-order valence-corrected chi connectivity index (χ2v) is 4.88. The molecule has 4 nitrogen and oxygen atoms in total. The number of rotatable bonds is 4. The maximum absolute atomic E-state index is 12.0. The Kier molecular flexibility index (Phi) is 4.95. The molecule has 21 heavy (non-hydrogen) atoms. The van der Waals surface area contributed by atoms with Crippen LogP contribution in [0, 0.1) is 0 Å². The van der Waals surface area contributed by atoms with Crippen LogP contribution < -0.4 is 10.1 Å². The van der Waals surface area contributed by atoms with E-state index in [4.69, 9.17) is 16.3 Å². The number of hydrogen-bond acceptors (Lipinski definition) is 3. The van der Waals surface area contributed by atoms with E-state index < -0.39 is 5.97 Å². The summed E-state index contributed by atoms with van der Waals surface area (Å²) in [4.78, 5) is 23.0. The number of carbonyl (C=O) groups excluding carboxylic acids is 2. The number of carbonyl (C=O) groups is 2. The van der Waals surface area contributed by atoms with E-state index in [1.807, 2.05) is 0 Å². The zero-order chi connectivity index (χ0) is 15.2. The summed E-state index contributed by atoms with van der Waals surface area (Å²) in [6, 6.07) is 13.8. The molecule has 1 N–H and O–H groups in total. The molecule has 2 rings (SSSR count). The Morgan fingerprint density at radius 3 is 2.43 bits per heavy atom. The largest absolute Gasteiger partial charge is 0.424 e. The molecular formula is C16H14ClNO3. The number of nitrogens with one attached hydrogen (secondary N) is 1. The van der Waals surface area contributed by atoms with E-state index in [0.717, 1.165) is 5.56 Å². The van der Waals surface area contributed by atoms with Crippen LogP contribution in [0.15, 0.2) is 48.5 Å². The Hall–Kier alpha value is -2.33. The van der Waals surface area contributed by atoms with Gasteiger partial charge in [-0.05, 0) is 29.8 Å². The molecule has 0 aliphatic carbocycles. The van der Waals surface area contributed by atoms with E-state index in [1.165, 1.54) is 6.92 Å². The molecule has 0 unspecified atom stereocenters. The monoisotopic (exact) mass is 303 g/mol. The van der Waals surface area contributed by atoms with Crippen molar-refractivity contribution in [3.8, 4) is 5.75 Å². The van der Waals surface area contributed by atoms with Crippen molar-refractivity contribution in [2.45, 2.75) is 13.3 Å². The second-order valence-electron chi connectivity index (χ2n) is 4.44. The smallest absolute Gasteiger partial charge is 0.308 e. The number of esters is 1. The topological polar surface area (TPSA) is 55.4 Å². The van der Waals surface area contributed by atoms with Crippen molar-refractivity contribution in [1.82, 2.24) is 0 Å². The fraction of sp³-hybridized carbons (Fsp3) is 0.125. The highest BCUT2D eigenvalue weighted by Crippen LogP contribution is 2.24. The van der Waals surface area contributed by atoms with E-state index in [1.54, 1.807) is 48.5 Å². The third-order valence-corrected chi connectivity index (χ3v) is 2.94. The van der Waals surface area contributed by atoms with E-state index in [9.17, 15) is 9.59 Å². The molecule has 2 aromatic carbocycles. The van der Waals surface area contributed by atoms with Gasteiger partial charge in [-0.3, -0.25) is 9.59 Å². The summed E-state index contributed by atoms with van der Waals surface area (Å²) in [6.45, 7) is 1.31. The molecule has 0 aromatic heterocycles. The summed E-state index contributed by atoms with van der Waals surface area (Å²) in [7, 11) is 0. The third-order valence-electron chi connectivity index (χ3n) is 2.69. The van der Waals surface area contributed by atoms with Crippen LogP contribution >= 0.6 is 11.6 Å². The number of para-hydroxylation sites is 2. The molecule has 0 spiro atoms. The van der Waals surface area contributed by atoms with Gasteiger partial charge in [0.05, 0.1) is 12.1 Å². The lowest BCUT2D eigenvalue weighted by atomic mass is 10.1. The van der Waals surface area contributed by atoms with Gasteiger partial charge in [0, 0.05) is 11.9 Å². The van der Waals surface area contributed by atoms with Crippen LogP contribution in [0.4, 0.5) is 5.69 Å². The van der Waals surface area contributed by atoms with Gasteiger partial charge in [0.2, 0.25) is 5.91 Å². The molecule has 0 atom stereocenters. The van der Waals surface area contributed by atoms with Gasteiger partial charge in [-0.1, -0.05) is 35.9 Å². The van der Waals surface area contributed by atoms with Crippen molar-refractivity contribution in [2.75, 3.05) is 5.32 Å². The molecule has 0 heterocycles. The summed E-state index contributed by atoms with van der Waals surface area (Å²) in [6.07, 6.45) is 0.214. The fourth-order valence-corrected chi connectivity index (χ4v) is 1.92. The molecule has 0 bridgehead atoms. The molecular weight excluding hydrogens is 290 g/mol. The van der Waals surface area contributed by atoms with Gasteiger partial charge in [0.25, 0.3) is 0 Å². The summed E-state index contributed by atoms with van der Waals surface area (Å²) >= 11 is 5.80. The zero-order valence-electron chi connectivity index (χ0n) is 11.4. The number of ether oxygens (including phenoxy) is 1. The van der Waals surface area contributed by atoms with Gasteiger partial charge in [0.1, 0.15) is 0 Å². The number of halogens is 1. The van der Waals surface area contributed by atoms with Crippen molar-refractivity contribution in [3.05, 3.63) is 59.1 Å². The first-order valence-corrected chi connectivity index (χ1v) is 6.74. The quantitative estimate of drug-likeness (QED) is 0.695. The Morgan fingerprint density at radius 2 is 1.76 bits per heavy atom. The number of benzene rings is 2. The van der Waals surface area contributed by atoms with Crippen LogP contribution in [0.3, 0.4) is 0 Å². The zero-order valence-corrected chi connectivity index (χ0v) is 12.2. The maximum Gasteiger partial charge on any atom is 0.308 e. The highest BCUT2D eigenvalue weighted by Gasteiger charge is 2.09. The van der Waals surface area contributed by atoms with Gasteiger partial charge in [0.15, 0.2) is 5.75 Å². The molecule has 2 aromatic rings. The lowest BCUT2D eigenvalue weighted by Gasteiger charge is -2.10. The lowest BCUT2D eigenvalue weighted by molar-refractivity contribution is -0.131. The molecule has 0 aliphatic heterocycles. The maximum atomic E-state index is 12.0. The molecule has 0 radical (unpaired) electrons. The first kappa shape index (κ1) is 15.1. The third kappa shape index (κ3) is 4.61. The van der Waals surface area contributed by atoms with Crippen LogP contribution in [0.5, 0.6) is 5.75 Å². The number of hydrogen-bond donors (Lipinski definition) is 1. The molecule has 0 aliphatic rings. The fourth-order valence-electron chi connectivity index (χ4n) is 1.80.